The van der Waals surface area contributed by atoms with Crippen molar-refractivity contribution in [1.82, 2.24) is 31.5 Å². The van der Waals surface area contributed by atoms with Crippen molar-refractivity contribution in [1.29, 1.82) is 0 Å². The van der Waals surface area contributed by atoms with Gasteiger partial charge in [-0.15, -0.1) is 0 Å². The van der Waals surface area contributed by atoms with Crippen LogP contribution >= 0.6 is 0 Å². The van der Waals surface area contributed by atoms with Crippen LogP contribution in [0.2, 0.25) is 0 Å². The highest BCUT2D eigenvalue weighted by atomic mass is 19.4. The number of rotatable bonds is 22. The van der Waals surface area contributed by atoms with Crippen LogP contribution in [0.15, 0.2) is 30.3 Å². The predicted octanol–water partition coefficient (Wildman–Crippen LogP) is 1.62. The second-order valence-corrected chi connectivity index (χ2v) is 12.4. The Balaban J connectivity index is 1.71. The van der Waals surface area contributed by atoms with Crippen LogP contribution in [0, 0.1) is 5.41 Å². The molecule has 1 aromatic carbocycles. The molecule has 1 fully saturated rings. The number of benzene rings is 1. The van der Waals surface area contributed by atoms with E-state index in [1.54, 1.807) is 30.3 Å². The molecule has 284 valence electrons. The topological polar surface area (TPSA) is 192 Å². The molecule has 0 aromatic heterocycles. The monoisotopic (exact) mass is 726 g/mol. The summed E-state index contributed by atoms with van der Waals surface area (Å²) in [4.78, 5) is 88.4. The standard InChI is InChI=1S/C34H49F3N6O8/c1-4-33(5-2)18-30(48)43(32(33)50)15-11-7-10-14-26(44)38-19-27(45)39-21-29(47)42-25(16-24-12-8-6-9-13-24)31(49)40-20-28(46)41-22-51-23(3)17-34(35,36)37/h6,8-9,12-13,23,25H,4-5,7,10-11,14-22H2,1-3H3,(H,38,44)(H,39,45)(H,40,49)(H,41,46)(H,42,47). The van der Waals surface area contributed by atoms with Gasteiger partial charge >= 0.3 is 6.18 Å². The van der Waals surface area contributed by atoms with Gasteiger partial charge in [0, 0.05) is 25.8 Å². The average molecular weight is 727 g/mol. The highest BCUT2D eigenvalue weighted by molar-refractivity contribution is 6.05. The van der Waals surface area contributed by atoms with Crippen molar-refractivity contribution in [2.75, 3.05) is 32.9 Å². The third-order valence-electron chi connectivity index (χ3n) is 8.53. The maximum Gasteiger partial charge on any atom is 0.391 e. The number of nitrogens with one attached hydrogen (secondary N) is 5. The van der Waals surface area contributed by atoms with Gasteiger partial charge in [-0.2, -0.15) is 13.2 Å². The Morgan fingerprint density at radius 2 is 1.45 bits per heavy atom. The largest absolute Gasteiger partial charge is 0.391 e. The molecule has 1 aliphatic rings. The van der Waals surface area contributed by atoms with Gasteiger partial charge in [-0.25, -0.2) is 0 Å². The summed E-state index contributed by atoms with van der Waals surface area (Å²) in [6.45, 7) is 3.39. The maximum atomic E-state index is 12.9. The maximum absolute atomic E-state index is 12.9. The summed E-state index contributed by atoms with van der Waals surface area (Å²) in [5.41, 5.74) is 0.0799. The molecular formula is C34H49F3N6O8. The van der Waals surface area contributed by atoms with Crippen molar-refractivity contribution in [3.05, 3.63) is 35.9 Å². The number of alkyl halides is 3. The van der Waals surface area contributed by atoms with Crippen LogP contribution in [0.4, 0.5) is 13.2 Å². The molecule has 51 heavy (non-hydrogen) atoms. The number of unbranched alkanes of at least 4 members (excludes halogenated alkanes) is 2. The van der Waals surface area contributed by atoms with E-state index in [9.17, 15) is 46.7 Å². The van der Waals surface area contributed by atoms with Crippen molar-refractivity contribution in [3.8, 4) is 0 Å². The molecule has 0 spiro atoms. The number of hydrogen-bond acceptors (Lipinski definition) is 8. The zero-order valence-corrected chi connectivity index (χ0v) is 29.3. The number of amides is 7. The third kappa shape index (κ3) is 15.5. The van der Waals surface area contributed by atoms with Crippen LogP contribution in [-0.4, -0.2) is 97.5 Å². The van der Waals surface area contributed by atoms with E-state index < -0.39 is 73.6 Å². The number of likely N-dealkylation sites (tertiary alicyclic amines) is 1. The minimum absolute atomic E-state index is 0.0466. The molecule has 0 saturated carbocycles. The fraction of sp³-hybridized carbons (Fsp3) is 0.618. The average Bonchev–Trinajstić information content (AvgIpc) is 3.32. The van der Waals surface area contributed by atoms with Crippen LogP contribution in [0.3, 0.4) is 0 Å². The lowest BCUT2D eigenvalue weighted by Gasteiger charge is -2.23. The van der Waals surface area contributed by atoms with Crippen LogP contribution in [0.1, 0.15) is 77.7 Å². The Morgan fingerprint density at radius 1 is 0.843 bits per heavy atom. The first kappa shape index (κ1) is 42.6. The molecule has 0 aliphatic carbocycles. The number of ether oxygens (including phenoxy) is 1. The van der Waals surface area contributed by atoms with Gasteiger partial charge in [-0.05, 0) is 38.2 Å². The zero-order valence-electron chi connectivity index (χ0n) is 29.3. The SMILES string of the molecule is CCC1(CC)CC(=O)N(CCCCCC(=O)NCC(=O)NCC(=O)NC(Cc2ccccc2)C(=O)NCC(=O)NCOC(C)CC(F)(F)F)C1=O. The van der Waals surface area contributed by atoms with Gasteiger partial charge < -0.3 is 31.3 Å². The Labute approximate surface area is 295 Å². The van der Waals surface area contributed by atoms with Crippen molar-refractivity contribution < 1.29 is 51.5 Å². The summed E-state index contributed by atoms with van der Waals surface area (Å²) in [6.07, 6.45) is -3.53. The molecule has 2 atom stereocenters. The second kappa shape index (κ2) is 21.0. The molecule has 17 heteroatoms. The molecule has 1 saturated heterocycles. The Morgan fingerprint density at radius 3 is 2.08 bits per heavy atom. The number of imide groups is 1. The van der Waals surface area contributed by atoms with Gasteiger partial charge in [0.2, 0.25) is 41.4 Å². The first-order valence-electron chi connectivity index (χ1n) is 17.0. The highest BCUT2D eigenvalue weighted by Crippen LogP contribution is 2.39. The summed E-state index contributed by atoms with van der Waals surface area (Å²) >= 11 is 0. The Bertz CT molecular complexity index is 1360. The minimum Gasteiger partial charge on any atom is -0.358 e. The van der Waals surface area contributed by atoms with Gasteiger partial charge in [-0.1, -0.05) is 50.6 Å². The lowest BCUT2D eigenvalue weighted by Crippen LogP contribution is -2.52. The van der Waals surface area contributed by atoms with Crippen LogP contribution in [0.25, 0.3) is 0 Å². The van der Waals surface area contributed by atoms with Crippen LogP contribution < -0.4 is 26.6 Å². The molecule has 7 amide bonds. The first-order valence-corrected chi connectivity index (χ1v) is 17.0. The highest BCUT2D eigenvalue weighted by Gasteiger charge is 2.48. The van der Waals surface area contributed by atoms with Gasteiger partial charge in [0.1, 0.15) is 12.8 Å². The summed E-state index contributed by atoms with van der Waals surface area (Å²) in [5, 5.41) is 11.9. The van der Waals surface area contributed by atoms with E-state index in [1.807, 2.05) is 13.8 Å². The summed E-state index contributed by atoms with van der Waals surface area (Å²) in [7, 11) is 0. The fourth-order valence-corrected chi connectivity index (χ4v) is 5.44. The molecule has 14 nitrogen and oxygen atoms in total. The Kier molecular flexibility index (Phi) is 17.5. The molecule has 0 bridgehead atoms. The number of carbonyl (C=O) groups is 7. The number of nitrogens with zero attached hydrogens (tertiary/aromatic N) is 1. The van der Waals surface area contributed by atoms with Crippen molar-refractivity contribution in [3.63, 3.8) is 0 Å². The van der Waals surface area contributed by atoms with E-state index in [-0.39, 0.29) is 43.5 Å². The van der Waals surface area contributed by atoms with Gasteiger partial charge in [-0.3, -0.25) is 38.5 Å². The van der Waals surface area contributed by atoms with Crippen molar-refractivity contribution >= 4 is 41.4 Å². The van der Waals surface area contributed by atoms with Crippen molar-refractivity contribution in [2.24, 2.45) is 5.41 Å². The molecule has 5 N–H and O–H groups in total. The summed E-state index contributed by atoms with van der Waals surface area (Å²) < 4.78 is 42.2. The number of carbonyl (C=O) groups excluding carboxylic acids is 7. The van der Waals surface area contributed by atoms with E-state index in [0.717, 1.165) is 0 Å². The Hall–Kier alpha value is -4.54. The number of hydrogen-bond donors (Lipinski definition) is 5. The predicted molar refractivity (Wildman–Crippen MR) is 178 cm³/mol. The van der Waals surface area contributed by atoms with E-state index in [0.29, 0.717) is 44.2 Å². The molecule has 2 rings (SSSR count). The molecular weight excluding hydrogens is 677 g/mol. The molecule has 1 aromatic rings. The summed E-state index contributed by atoms with van der Waals surface area (Å²) in [5.74, 6) is -3.49. The lowest BCUT2D eigenvalue weighted by molar-refractivity contribution is -0.159. The first-order chi connectivity index (χ1) is 24.1. The van der Waals surface area contributed by atoms with Gasteiger partial charge in [0.15, 0.2) is 0 Å². The normalized spacial score (nSPS) is 15.1. The van der Waals surface area contributed by atoms with Crippen molar-refractivity contribution in [2.45, 2.75) is 96.9 Å². The molecule has 1 heterocycles. The van der Waals surface area contributed by atoms with E-state index >= 15 is 0 Å². The molecule has 1 aliphatic heterocycles. The lowest BCUT2D eigenvalue weighted by atomic mass is 9.81. The molecule has 0 radical (unpaired) electrons. The van der Waals surface area contributed by atoms with E-state index in [1.165, 1.54) is 11.8 Å². The number of halogens is 3. The molecule has 2 unspecified atom stereocenters. The quantitative estimate of drug-likeness (QED) is 0.0676. The van der Waals surface area contributed by atoms with Gasteiger partial charge in [0.05, 0.1) is 37.6 Å². The van der Waals surface area contributed by atoms with Crippen LogP contribution in [0.5, 0.6) is 0 Å². The van der Waals surface area contributed by atoms with Gasteiger partial charge in [0.25, 0.3) is 0 Å². The smallest absolute Gasteiger partial charge is 0.358 e. The fourth-order valence-electron chi connectivity index (χ4n) is 5.44. The zero-order chi connectivity index (χ0) is 38.0. The second-order valence-electron chi connectivity index (χ2n) is 12.4. The van der Waals surface area contributed by atoms with E-state index in [4.69, 9.17) is 4.74 Å². The van der Waals surface area contributed by atoms with Crippen LogP contribution in [-0.2, 0) is 44.7 Å². The third-order valence-corrected chi connectivity index (χ3v) is 8.53. The van der Waals surface area contributed by atoms with E-state index in [2.05, 4.69) is 26.6 Å². The summed E-state index contributed by atoms with van der Waals surface area (Å²) in [6, 6.07) is 7.53. The minimum atomic E-state index is -4.42.